The molecule has 1 saturated heterocycles. The van der Waals surface area contributed by atoms with E-state index in [1.165, 1.54) is 18.4 Å². The average molecular weight is 168 g/mol. The minimum absolute atomic E-state index is 0.0511. The van der Waals surface area contributed by atoms with Crippen molar-refractivity contribution in [3.63, 3.8) is 0 Å². The molecule has 0 saturated carbocycles. The van der Waals surface area contributed by atoms with Crippen LogP contribution in [0.25, 0.3) is 0 Å². The summed E-state index contributed by atoms with van der Waals surface area (Å²) in [4.78, 5) is 0. The number of ether oxygens (including phenoxy) is 1. The summed E-state index contributed by atoms with van der Waals surface area (Å²) in [5, 5.41) is 0. The van der Waals surface area contributed by atoms with Crippen molar-refractivity contribution in [2.75, 3.05) is 6.61 Å². The maximum atomic E-state index is 5.73. The summed E-state index contributed by atoms with van der Waals surface area (Å²) in [7, 11) is 0. The minimum atomic E-state index is 0.0511. The van der Waals surface area contributed by atoms with Crippen molar-refractivity contribution in [1.29, 1.82) is 0 Å². The third kappa shape index (κ3) is 2.34. The van der Waals surface area contributed by atoms with Crippen LogP contribution < -0.4 is 0 Å². The van der Waals surface area contributed by atoms with Gasteiger partial charge in [0.1, 0.15) is 0 Å². The lowest BCUT2D eigenvalue weighted by Gasteiger charge is -2.37. The smallest absolute Gasteiger partial charge is 0.0688 e. The summed E-state index contributed by atoms with van der Waals surface area (Å²) in [6, 6.07) is 0. The van der Waals surface area contributed by atoms with Crippen LogP contribution in [0, 0.1) is 5.92 Å². The summed E-state index contributed by atoms with van der Waals surface area (Å²) >= 11 is 0. The van der Waals surface area contributed by atoms with Crippen LogP contribution in [0.4, 0.5) is 0 Å². The van der Waals surface area contributed by atoms with Gasteiger partial charge in [-0.2, -0.15) is 0 Å². The van der Waals surface area contributed by atoms with Crippen LogP contribution in [0.2, 0.25) is 0 Å². The molecule has 1 heterocycles. The van der Waals surface area contributed by atoms with Crippen LogP contribution in [0.5, 0.6) is 0 Å². The molecule has 1 atom stereocenters. The summed E-state index contributed by atoms with van der Waals surface area (Å²) < 4.78 is 5.73. The van der Waals surface area contributed by atoms with Crippen LogP contribution in [-0.4, -0.2) is 12.2 Å². The molecule has 1 aliphatic rings. The molecule has 0 N–H and O–H groups in total. The predicted molar refractivity (Wildman–Crippen MR) is 52.2 cm³/mol. The maximum Gasteiger partial charge on any atom is 0.0688 e. The molecule has 1 nitrogen and oxygen atoms in total. The van der Waals surface area contributed by atoms with Gasteiger partial charge in [0, 0.05) is 12.5 Å². The standard InChI is InChI=1S/C11H20O/c1-9(2)8-10-6-5-7-12-11(10,3)4/h8,10H,5-7H2,1-4H3. The molecule has 1 rings (SSSR count). The van der Waals surface area contributed by atoms with Crippen LogP contribution in [0.3, 0.4) is 0 Å². The van der Waals surface area contributed by atoms with Crippen molar-refractivity contribution in [3.05, 3.63) is 11.6 Å². The van der Waals surface area contributed by atoms with Crippen LogP contribution >= 0.6 is 0 Å². The Morgan fingerprint density at radius 1 is 1.42 bits per heavy atom. The largest absolute Gasteiger partial charge is 0.375 e. The molecular formula is C11H20O. The molecule has 0 aromatic carbocycles. The van der Waals surface area contributed by atoms with Crippen molar-refractivity contribution in [2.45, 2.75) is 46.1 Å². The average Bonchev–Trinajstić information content (AvgIpc) is 1.92. The molecular weight excluding hydrogens is 148 g/mol. The third-order valence-electron chi connectivity index (χ3n) is 2.56. The van der Waals surface area contributed by atoms with E-state index >= 15 is 0 Å². The molecule has 0 aliphatic carbocycles. The molecule has 0 aromatic rings. The molecule has 0 spiro atoms. The van der Waals surface area contributed by atoms with E-state index < -0.39 is 0 Å². The van der Waals surface area contributed by atoms with Crippen LogP contribution in [-0.2, 0) is 4.74 Å². The first-order chi connectivity index (χ1) is 5.52. The molecule has 1 heteroatoms. The highest BCUT2D eigenvalue weighted by Crippen LogP contribution is 2.32. The fraction of sp³-hybridized carbons (Fsp3) is 0.818. The molecule has 0 amide bonds. The van der Waals surface area contributed by atoms with Gasteiger partial charge in [-0.1, -0.05) is 11.6 Å². The van der Waals surface area contributed by atoms with Crippen molar-refractivity contribution in [1.82, 2.24) is 0 Å². The zero-order valence-electron chi connectivity index (χ0n) is 8.68. The summed E-state index contributed by atoms with van der Waals surface area (Å²) in [6.07, 6.45) is 4.83. The lowest BCUT2D eigenvalue weighted by molar-refractivity contribution is -0.0787. The van der Waals surface area contributed by atoms with Gasteiger partial charge in [-0.05, 0) is 40.5 Å². The Morgan fingerprint density at radius 3 is 2.58 bits per heavy atom. The third-order valence-corrected chi connectivity index (χ3v) is 2.56. The molecule has 1 fully saturated rings. The Bertz CT molecular complexity index is 175. The number of allylic oxidation sites excluding steroid dienone is 1. The predicted octanol–water partition coefficient (Wildman–Crippen LogP) is 3.16. The molecule has 0 bridgehead atoms. The number of hydrogen-bond donors (Lipinski definition) is 0. The summed E-state index contributed by atoms with van der Waals surface area (Å²) in [6.45, 7) is 9.63. The van der Waals surface area contributed by atoms with Gasteiger partial charge >= 0.3 is 0 Å². The second kappa shape index (κ2) is 3.61. The molecule has 1 aliphatic heterocycles. The van der Waals surface area contributed by atoms with E-state index in [1.54, 1.807) is 0 Å². The van der Waals surface area contributed by atoms with Crippen molar-refractivity contribution in [3.8, 4) is 0 Å². The Kier molecular flexibility index (Phi) is 2.94. The zero-order valence-corrected chi connectivity index (χ0v) is 8.68. The van der Waals surface area contributed by atoms with E-state index in [0.717, 1.165) is 6.61 Å². The van der Waals surface area contributed by atoms with Gasteiger partial charge in [0.15, 0.2) is 0 Å². The second-order valence-electron chi connectivity index (χ2n) is 4.44. The summed E-state index contributed by atoms with van der Waals surface area (Å²) in [5.74, 6) is 0.608. The van der Waals surface area contributed by atoms with Crippen molar-refractivity contribution >= 4 is 0 Å². The first kappa shape index (κ1) is 9.79. The monoisotopic (exact) mass is 168 g/mol. The van der Waals surface area contributed by atoms with E-state index in [-0.39, 0.29) is 5.60 Å². The van der Waals surface area contributed by atoms with E-state index in [0.29, 0.717) is 5.92 Å². The topological polar surface area (TPSA) is 9.23 Å². The van der Waals surface area contributed by atoms with E-state index in [2.05, 4.69) is 33.8 Å². The SMILES string of the molecule is CC(C)=CC1CCCOC1(C)C. The van der Waals surface area contributed by atoms with Gasteiger partial charge < -0.3 is 4.74 Å². The number of rotatable bonds is 1. The Hall–Kier alpha value is -0.300. The van der Waals surface area contributed by atoms with E-state index in [4.69, 9.17) is 4.74 Å². The molecule has 0 aromatic heterocycles. The fourth-order valence-electron chi connectivity index (χ4n) is 1.78. The maximum absolute atomic E-state index is 5.73. The first-order valence-corrected chi connectivity index (χ1v) is 4.81. The molecule has 0 radical (unpaired) electrons. The zero-order chi connectivity index (χ0) is 9.19. The van der Waals surface area contributed by atoms with E-state index in [9.17, 15) is 0 Å². The fourth-order valence-corrected chi connectivity index (χ4v) is 1.78. The highest BCUT2D eigenvalue weighted by Gasteiger charge is 2.31. The lowest BCUT2D eigenvalue weighted by atomic mass is 9.83. The first-order valence-electron chi connectivity index (χ1n) is 4.81. The van der Waals surface area contributed by atoms with Crippen LogP contribution in [0.15, 0.2) is 11.6 Å². The number of hydrogen-bond acceptors (Lipinski definition) is 1. The van der Waals surface area contributed by atoms with Gasteiger partial charge in [0.25, 0.3) is 0 Å². The second-order valence-corrected chi connectivity index (χ2v) is 4.44. The van der Waals surface area contributed by atoms with Gasteiger partial charge in [0.2, 0.25) is 0 Å². The minimum Gasteiger partial charge on any atom is -0.375 e. The van der Waals surface area contributed by atoms with Crippen molar-refractivity contribution < 1.29 is 4.74 Å². The Morgan fingerprint density at radius 2 is 2.08 bits per heavy atom. The normalized spacial score (nSPS) is 28.2. The van der Waals surface area contributed by atoms with Gasteiger partial charge in [-0.25, -0.2) is 0 Å². The lowest BCUT2D eigenvalue weighted by Crippen LogP contribution is -2.37. The summed E-state index contributed by atoms with van der Waals surface area (Å²) in [5.41, 5.74) is 1.45. The quantitative estimate of drug-likeness (QED) is 0.546. The van der Waals surface area contributed by atoms with Gasteiger partial charge in [-0.3, -0.25) is 0 Å². The highest BCUT2D eigenvalue weighted by molar-refractivity contribution is 5.03. The molecule has 1 unspecified atom stereocenters. The Balaban J connectivity index is 2.67. The Labute approximate surface area is 75.8 Å². The van der Waals surface area contributed by atoms with Crippen LogP contribution in [0.1, 0.15) is 40.5 Å². The van der Waals surface area contributed by atoms with Crippen molar-refractivity contribution in [2.24, 2.45) is 5.92 Å². The molecule has 12 heavy (non-hydrogen) atoms. The van der Waals surface area contributed by atoms with Gasteiger partial charge in [-0.15, -0.1) is 0 Å². The van der Waals surface area contributed by atoms with Gasteiger partial charge in [0.05, 0.1) is 5.60 Å². The molecule has 70 valence electrons. The van der Waals surface area contributed by atoms with E-state index in [1.807, 2.05) is 0 Å². The highest BCUT2D eigenvalue weighted by atomic mass is 16.5.